The Kier molecular flexibility index (Phi) is 3.10. The van der Waals surface area contributed by atoms with Gasteiger partial charge in [-0.1, -0.05) is 0 Å². The number of carbonyl (C=O) groups is 1. The van der Waals surface area contributed by atoms with E-state index in [1.807, 2.05) is 0 Å². The molecule has 0 radical (unpaired) electrons. The molecule has 1 aliphatic heterocycles. The SMILES string of the molecule is CC1(C)OC[C@@H]([C@@H](O)[C@@H](N)C(=O)[O-])O1. The molecule has 6 heteroatoms. The van der Waals surface area contributed by atoms with Crippen molar-refractivity contribution in [3.05, 3.63) is 0 Å². The van der Waals surface area contributed by atoms with Crippen LogP contribution < -0.4 is 10.8 Å². The van der Waals surface area contributed by atoms with E-state index in [2.05, 4.69) is 0 Å². The van der Waals surface area contributed by atoms with Crippen LogP contribution in [0.15, 0.2) is 0 Å². The van der Waals surface area contributed by atoms with Gasteiger partial charge in [-0.15, -0.1) is 0 Å². The van der Waals surface area contributed by atoms with Crippen molar-refractivity contribution in [2.45, 2.75) is 37.9 Å². The molecule has 0 aromatic carbocycles. The molecule has 1 saturated heterocycles. The van der Waals surface area contributed by atoms with E-state index in [9.17, 15) is 15.0 Å². The number of hydrogen-bond acceptors (Lipinski definition) is 6. The molecule has 14 heavy (non-hydrogen) atoms. The van der Waals surface area contributed by atoms with E-state index in [0.29, 0.717) is 0 Å². The number of ether oxygens (including phenoxy) is 2. The second-order valence-electron chi connectivity index (χ2n) is 3.70. The fourth-order valence-electron chi connectivity index (χ4n) is 1.25. The number of carboxylic acids is 1. The molecular formula is C8H14NO5-. The van der Waals surface area contributed by atoms with Crippen molar-refractivity contribution in [3.8, 4) is 0 Å². The number of nitrogens with two attached hydrogens (primary N) is 1. The molecule has 0 aromatic heterocycles. The highest BCUT2D eigenvalue weighted by Gasteiger charge is 2.39. The van der Waals surface area contributed by atoms with E-state index < -0.39 is 30.0 Å². The topological polar surface area (TPSA) is 105 Å². The lowest BCUT2D eigenvalue weighted by Gasteiger charge is -2.25. The van der Waals surface area contributed by atoms with Crippen molar-refractivity contribution >= 4 is 5.97 Å². The first-order valence-electron chi connectivity index (χ1n) is 4.30. The highest BCUT2D eigenvalue weighted by atomic mass is 16.7. The maximum Gasteiger partial charge on any atom is 0.163 e. The Balaban J connectivity index is 2.55. The molecule has 0 bridgehead atoms. The van der Waals surface area contributed by atoms with Crippen LogP contribution in [-0.2, 0) is 14.3 Å². The zero-order chi connectivity index (χ0) is 10.9. The van der Waals surface area contributed by atoms with E-state index in [1.54, 1.807) is 13.8 Å². The van der Waals surface area contributed by atoms with Crippen molar-refractivity contribution in [1.82, 2.24) is 0 Å². The first kappa shape index (κ1) is 11.4. The van der Waals surface area contributed by atoms with Gasteiger partial charge in [0.05, 0.1) is 18.6 Å². The summed E-state index contributed by atoms with van der Waals surface area (Å²) in [4.78, 5) is 10.4. The molecule has 3 atom stereocenters. The van der Waals surface area contributed by atoms with Crippen molar-refractivity contribution in [2.75, 3.05) is 6.61 Å². The lowest BCUT2D eigenvalue weighted by Crippen LogP contribution is -2.54. The number of aliphatic hydroxyl groups is 1. The van der Waals surface area contributed by atoms with Crippen LogP contribution in [0.3, 0.4) is 0 Å². The third kappa shape index (κ3) is 2.42. The van der Waals surface area contributed by atoms with Crippen molar-refractivity contribution in [1.29, 1.82) is 0 Å². The summed E-state index contributed by atoms with van der Waals surface area (Å²) in [5.41, 5.74) is 5.18. The van der Waals surface area contributed by atoms with E-state index in [1.165, 1.54) is 0 Å². The van der Waals surface area contributed by atoms with Crippen LogP contribution in [0.5, 0.6) is 0 Å². The van der Waals surface area contributed by atoms with Gasteiger partial charge in [-0.2, -0.15) is 0 Å². The molecule has 0 amide bonds. The van der Waals surface area contributed by atoms with Gasteiger partial charge in [0.25, 0.3) is 0 Å². The van der Waals surface area contributed by atoms with Gasteiger partial charge in [0.1, 0.15) is 12.2 Å². The molecule has 0 aromatic rings. The summed E-state index contributed by atoms with van der Waals surface area (Å²) >= 11 is 0. The van der Waals surface area contributed by atoms with Crippen molar-refractivity contribution < 1.29 is 24.5 Å². The lowest BCUT2D eigenvalue weighted by molar-refractivity contribution is -0.310. The average Bonchev–Trinajstić information content (AvgIpc) is 2.43. The quantitative estimate of drug-likeness (QED) is 0.530. The maximum absolute atomic E-state index is 10.4. The van der Waals surface area contributed by atoms with Gasteiger partial charge in [0.15, 0.2) is 5.79 Å². The summed E-state index contributed by atoms with van der Waals surface area (Å²) in [5.74, 6) is -2.32. The van der Waals surface area contributed by atoms with Crippen LogP contribution in [0, 0.1) is 0 Å². The van der Waals surface area contributed by atoms with Gasteiger partial charge < -0.3 is 30.2 Å². The molecule has 0 spiro atoms. The molecule has 1 heterocycles. The molecule has 1 rings (SSSR count). The molecular weight excluding hydrogens is 190 g/mol. The summed E-state index contributed by atoms with van der Waals surface area (Å²) in [6, 6.07) is -1.46. The minimum atomic E-state index is -1.51. The van der Waals surface area contributed by atoms with E-state index >= 15 is 0 Å². The van der Waals surface area contributed by atoms with Gasteiger partial charge >= 0.3 is 0 Å². The van der Waals surface area contributed by atoms with Crippen LogP contribution in [0.1, 0.15) is 13.8 Å². The molecule has 0 aliphatic carbocycles. The number of hydrogen-bond donors (Lipinski definition) is 2. The standard InChI is InChI=1S/C8H15NO5/c1-8(2)13-3-4(14-8)6(10)5(9)7(11)12/h4-6,10H,3,9H2,1-2H3,(H,11,12)/p-1/t4-,5+,6+/m0/s1. The van der Waals surface area contributed by atoms with E-state index in [0.717, 1.165) is 0 Å². The van der Waals surface area contributed by atoms with Crippen LogP contribution >= 0.6 is 0 Å². The number of carboxylic acid groups (broad SMARTS) is 1. The Morgan fingerprint density at radius 3 is 2.64 bits per heavy atom. The Morgan fingerprint density at radius 1 is 1.71 bits per heavy atom. The number of aliphatic hydroxyl groups excluding tert-OH is 1. The van der Waals surface area contributed by atoms with Gasteiger partial charge in [-0.05, 0) is 13.8 Å². The molecule has 1 aliphatic rings. The molecule has 1 fully saturated rings. The molecule has 0 saturated carbocycles. The monoisotopic (exact) mass is 204 g/mol. The van der Waals surface area contributed by atoms with Gasteiger partial charge in [-0.3, -0.25) is 0 Å². The summed E-state index contributed by atoms with van der Waals surface area (Å²) in [7, 11) is 0. The second kappa shape index (κ2) is 3.82. The Hall–Kier alpha value is -0.690. The fraction of sp³-hybridized carbons (Fsp3) is 0.875. The smallest absolute Gasteiger partial charge is 0.163 e. The Bertz CT molecular complexity index is 230. The zero-order valence-electron chi connectivity index (χ0n) is 8.10. The average molecular weight is 204 g/mol. The van der Waals surface area contributed by atoms with Crippen molar-refractivity contribution in [2.24, 2.45) is 5.73 Å². The maximum atomic E-state index is 10.4. The highest BCUT2D eigenvalue weighted by Crippen LogP contribution is 2.24. The van der Waals surface area contributed by atoms with Gasteiger partial charge in [-0.25, -0.2) is 0 Å². The third-order valence-corrected chi connectivity index (χ3v) is 2.05. The van der Waals surface area contributed by atoms with Gasteiger partial charge in [0, 0.05) is 0 Å². The number of rotatable bonds is 3. The first-order chi connectivity index (χ1) is 6.33. The second-order valence-corrected chi connectivity index (χ2v) is 3.70. The molecule has 0 unspecified atom stereocenters. The number of carbonyl (C=O) groups excluding carboxylic acids is 1. The van der Waals surface area contributed by atoms with Gasteiger partial charge in [0.2, 0.25) is 0 Å². The third-order valence-electron chi connectivity index (χ3n) is 2.05. The molecule has 3 N–H and O–H groups in total. The minimum absolute atomic E-state index is 0.120. The fourth-order valence-corrected chi connectivity index (χ4v) is 1.25. The summed E-state index contributed by atoms with van der Waals surface area (Å²) in [6.45, 7) is 3.46. The van der Waals surface area contributed by atoms with E-state index in [-0.39, 0.29) is 6.61 Å². The van der Waals surface area contributed by atoms with Crippen molar-refractivity contribution in [3.63, 3.8) is 0 Å². The Morgan fingerprint density at radius 2 is 2.29 bits per heavy atom. The van der Waals surface area contributed by atoms with Crippen LogP contribution in [0.2, 0.25) is 0 Å². The highest BCUT2D eigenvalue weighted by molar-refractivity contribution is 5.71. The Labute approximate surface area is 81.6 Å². The predicted octanol–water partition coefficient (Wildman–Crippen LogP) is -2.42. The summed E-state index contributed by atoms with van der Waals surface area (Å²) < 4.78 is 10.4. The van der Waals surface area contributed by atoms with Crippen LogP contribution in [-0.4, -0.2) is 41.7 Å². The van der Waals surface area contributed by atoms with Crippen LogP contribution in [0.25, 0.3) is 0 Å². The summed E-state index contributed by atoms with van der Waals surface area (Å²) in [6.07, 6.45) is -2.04. The normalized spacial score (nSPS) is 29.9. The number of aliphatic carboxylic acids is 1. The minimum Gasteiger partial charge on any atom is -0.548 e. The largest absolute Gasteiger partial charge is 0.548 e. The zero-order valence-corrected chi connectivity index (χ0v) is 8.10. The first-order valence-corrected chi connectivity index (χ1v) is 4.30. The predicted molar refractivity (Wildman–Crippen MR) is 43.9 cm³/mol. The lowest BCUT2D eigenvalue weighted by atomic mass is 10.1. The van der Waals surface area contributed by atoms with E-state index in [4.69, 9.17) is 15.2 Å². The molecule has 82 valence electrons. The summed E-state index contributed by atoms with van der Waals surface area (Å²) in [5, 5.41) is 19.8. The molecule has 6 nitrogen and oxygen atoms in total. The van der Waals surface area contributed by atoms with Crippen LogP contribution in [0.4, 0.5) is 0 Å².